The first kappa shape index (κ1) is 17.6. The third-order valence-corrected chi connectivity index (χ3v) is 1.00. The van der Waals surface area contributed by atoms with Crippen LogP contribution in [0, 0.1) is 5.92 Å². The molecule has 0 amide bonds. The average molecular weight is 164 g/mol. The van der Waals surface area contributed by atoms with Gasteiger partial charge in [-0.3, -0.25) is 9.59 Å². The molecule has 11 heavy (non-hydrogen) atoms. The number of aliphatic carboxylic acids is 2. The minimum absolute atomic E-state index is 0. The van der Waals surface area contributed by atoms with Crippen LogP contribution in [0.1, 0.15) is 16.2 Å². The zero-order chi connectivity index (χ0) is 7.44. The van der Waals surface area contributed by atoms with Gasteiger partial charge in [0.2, 0.25) is 0 Å². The Morgan fingerprint density at radius 2 is 1.64 bits per heavy atom. The van der Waals surface area contributed by atoms with Crippen molar-refractivity contribution in [3.8, 4) is 0 Å². The van der Waals surface area contributed by atoms with E-state index in [0.29, 0.717) is 0 Å². The van der Waals surface area contributed by atoms with Gasteiger partial charge in [0, 0.05) is 0 Å². The first-order valence-corrected chi connectivity index (χ1v) is 2.55. The summed E-state index contributed by atoms with van der Waals surface area (Å²) in [5.74, 6) is -3.79. The molecule has 0 aromatic heterocycles. The predicted molar refractivity (Wildman–Crippen MR) is 31.3 cm³/mol. The van der Waals surface area contributed by atoms with Crippen LogP contribution < -0.4 is 48.4 Å². The molecule has 0 aliphatic carbocycles. The van der Waals surface area contributed by atoms with Gasteiger partial charge < -0.3 is 13.1 Å². The molecule has 4 nitrogen and oxygen atoms in total. The Balaban J connectivity index is -0.0000000533. The summed E-state index contributed by atoms with van der Waals surface area (Å²) in [6, 6.07) is 0. The Morgan fingerprint density at radius 1 is 1.36 bits per heavy atom. The quantitative estimate of drug-likeness (QED) is 0.322. The predicted octanol–water partition coefficient (Wildman–Crippen LogP) is -5.59. The fourth-order valence-electron chi connectivity index (χ4n) is 0.455. The molecule has 0 bridgehead atoms. The van der Waals surface area contributed by atoms with Gasteiger partial charge in [-0.05, 0) is 6.42 Å². The SMILES string of the molecule is CCC(C(=O)O)C(=O)O.[H-].[H-].[Li+].[Na+]. The number of carboxylic acid groups (broad SMARTS) is 2. The van der Waals surface area contributed by atoms with Crippen molar-refractivity contribution in [2.75, 3.05) is 0 Å². The van der Waals surface area contributed by atoms with Crippen LogP contribution in [0.5, 0.6) is 0 Å². The largest absolute Gasteiger partial charge is 1.00 e. The van der Waals surface area contributed by atoms with E-state index in [-0.39, 0.29) is 57.7 Å². The molecule has 0 aromatic carbocycles. The smallest absolute Gasteiger partial charge is 1.00 e. The van der Waals surface area contributed by atoms with Crippen molar-refractivity contribution in [1.82, 2.24) is 0 Å². The van der Waals surface area contributed by atoms with Crippen LogP contribution >= 0.6 is 0 Å². The van der Waals surface area contributed by atoms with Gasteiger partial charge in [-0.1, -0.05) is 6.92 Å². The summed E-state index contributed by atoms with van der Waals surface area (Å²) in [7, 11) is 0. The number of hydrogen-bond donors (Lipinski definition) is 2. The monoisotopic (exact) mass is 164 g/mol. The van der Waals surface area contributed by atoms with E-state index in [1.807, 2.05) is 0 Å². The first-order chi connectivity index (χ1) is 4.09. The summed E-state index contributed by atoms with van der Waals surface area (Å²) in [6.45, 7) is 1.52. The maximum Gasteiger partial charge on any atom is 1.00 e. The summed E-state index contributed by atoms with van der Waals surface area (Å²) >= 11 is 0. The Hall–Kier alpha value is 0.537. The first-order valence-electron chi connectivity index (χ1n) is 2.55. The third kappa shape index (κ3) is 6.92. The van der Waals surface area contributed by atoms with Gasteiger partial charge in [-0.15, -0.1) is 0 Å². The topological polar surface area (TPSA) is 74.6 Å². The Morgan fingerprint density at radius 3 is 1.64 bits per heavy atom. The molecule has 0 aliphatic heterocycles. The summed E-state index contributed by atoms with van der Waals surface area (Å²) in [6.07, 6.45) is 0.130. The van der Waals surface area contributed by atoms with Gasteiger partial charge >= 0.3 is 60.4 Å². The molecule has 56 valence electrons. The Kier molecular flexibility index (Phi) is 13.8. The van der Waals surface area contributed by atoms with Crippen molar-refractivity contribution >= 4 is 11.9 Å². The van der Waals surface area contributed by atoms with Gasteiger partial charge in [-0.25, -0.2) is 0 Å². The van der Waals surface area contributed by atoms with E-state index in [4.69, 9.17) is 10.2 Å². The van der Waals surface area contributed by atoms with Gasteiger partial charge in [0.15, 0.2) is 5.92 Å². The number of rotatable bonds is 3. The summed E-state index contributed by atoms with van der Waals surface area (Å²) < 4.78 is 0. The maximum absolute atomic E-state index is 9.99. The second-order valence-electron chi connectivity index (χ2n) is 1.64. The van der Waals surface area contributed by atoms with Crippen LogP contribution in [0.3, 0.4) is 0 Å². The summed E-state index contributed by atoms with van der Waals surface area (Å²) in [5.41, 5.74) is 0. The van der Waals surface area contributed by atoms with Crippen molar-refractivity contribution in [3.05, 3.63) is 0 Å². The van der Waals surface area contributed by atoms with E-state index >= 15 is 0 Å². The zero-order valence-electron chi connectivity index (χ0n) is 9.00. The van der Waals surface area contributed by atoms with Crippen molar-refractivity contribution in [1.29, 1.82) is 0 Å². The molecule has 0 rings (SSSR count). The average Bonchev–Trinajstić information content (AvgIpc) is 1.64. The number of carboxylic acids is 2. The number of hydrogen-bond acceptors (Lipinski definition) is 2. The molecule has 6 heteroatoms. The van der Waals surface area contributed by atoms with Crippen LogP contribution in [0.15, 0.2) is 0 Å². The third-order valence-electron chi connectivity index (χ3n) is 1.00. The molecule has 0 fully saturated rings. The molecule has 0 saturated carbocycles. The fraction of sp³-hybridized carbons (Fsp3) is 0.600. The van der Waals surface area contributed by atoms with E-state index in [0.717, 1.165) is 0 Å². The molecular weight excluding hydrogens is 154 g/mol. The van der Waals surface area contributed by atoms with Crippen molar-refractivity contribution in [2.45, 2.75) is 13.3 Å². The molecule has 2 N–H and O–H groups in total. The summed E-state index contributed by atoms with van der Waals surface area (Å²) in [4.78, 5) is 20.0. The van der Waals surface area contributed by atoms with Crippen LogP contribution in [0.25, 0.3) is 0 Å². The van der Waals surface area contributed by atoms with E-state index < -0.39 is 17.9 Å². The molecule has 0 saturated heterocycles. The van der Waals surface area contributed by atoms with E-state index in [1.165, 1.54) is 6.92 Å². The van der Waals surface area contributed by atoms with Crippen LogP contribution in [-0.2, 0) is 9.59 Å². The molecule has 0 atom stereocenters. The van der Waals surface area contributed by atoms with Gasteiger partial charge in [0.1, 0.15) is 0 Å². The van der Waals surface area contributed by atoms with Gasteiger partial charge in [0.25, 0.3) is 0 Å². The molecule has 0 aliphatic rings. The van der Waals surface area contributed by atoms with Crippen molar-refractivity contribution in [2.24, 2.45) is 5.92 Å². The van der Waals surface area contributed by atoms with Crippen LogP contribution in [0.2, 0.25) is 0 Å². The fourth-order valence-corrected chi connectivity index (χ4v) is 0.455. The molecular formula is C5H10LiNaO4. The molecule has 0 radical (unpaired) electrons. The number of carbonyl (C=O) groups is 2. The maximum atomic E-state index is 9.99. The van der Waals surface area contributed by atoms with E-state index in [2.05, 4.69) is 0 Å². The van der Waals surface area contributed by atoms with Crippen LogP contribution in [0.4, 0.5) is 0 Å². The molecule has 0 aromatic rings. The minimum Gasteiger partial charge on any atom is -1.00 e. The van der Waals surface area contributed by atoms with Gasteiger partial charge in [-0.2, -0.15) is 0 Å². The Labute approximate surface area is 102 Å². The minimum atomic E-state index is -1.27. The van der Waals surface area contributed by atoms with E-state index in [1.54, 1.807) is 0 Å². The second kappa shape index (κ2) is 8.63. The second-order valence-corrected chi connectivity index (χ2v) is 1.64. The van der Waals surface area contributed by atoms with Crippen LogP contribution in [-0.4, -0.2) is 22.2 Å². The van der Waals surface area contributed by atoms with Crippen molar-refractivity contribution in [3.63, 3.8) is 0 Å². The molecule has 0 unspecified atom stereocenters. The zero-order valence-corrected chi connectivity index (χ0v) is 9.00. The Bertz CT molecular complexity index is 132. The van der Waals surface area contributed by atoms with Crippen molar-refractivity contribution < 1.29 is 71.1 Å². The molecule has 0 heterocycles. The standard InChI is InChI=1S/C5H8O4.Li.Na.2H/c1-2-3(4(6)7)5(8)9;;;;/h3H,2H2,1H3,(H,6,7)(H,8,9);;;;/q;2*+1;2*-1. The summed E-state index contributed by atoms with van der Waals surface area (Å²) in [5, 5.41) is 16.3. The van der Waals surface area contributed by atoms with Gasteiger partial charge in [0.05, 0.1) is 0 Å². The normalized spacial score (nSPS) is 7.82. The molecule has 0 spiro atoms. The van der Waals surface area contributed by atoms with E-state index in [9.17, 15) is 9.59 Å².